The van der Waals surface area contributed by atoms with Crippen LogP contribution in [0.4, 0.5) is 0 Å². The van der Waals surface area contributed by atoms with Gasteiger partial charge in [0.2, 0.25) is 23.6 Å². The van der Waals surface area contributed by atoms with Crippen LogP contribution in [0.3, 0.4) is 0 Å². The number of hydrogen-bond acceptors (Lipinski definition) is 4. The summed E-state index contributed by atoms with van der Waals surface area (Å²) < 4.78 is 0. The molecule has 0 radical (unpaired) electrons. The summed E-state index contributed by atoms with van der Waals surface area (Å²) >= 11 is 0. The molecule has 4 rings (SSSR count). The Morgan fingerprint density at radius 3 is 1.41 bits per heavy atom. The fraction of sp³-hybridized carbons (Fsp3) is 0.217. The minimum absolute atomic E-state index is 0.166. The van der Waals surface area contributed by atoms with Gasteiger partial charge in [0.25, 0.3) is 0 Å². The molecule has 0 aliphatic heterocycles. The van der Waals surface area contributed by atoms with E-state index < -0.39 is 0 Å². The average molecular weight is 723 g/mol. The molecule has 0 unspecified atom stereocenters. The van der Waals surface area contributed by atoms with Gasteiger partial charge in [0.1, 0.15) is 0 Å². The first-order valence-electron chi connectivity index (χ1n) is 18.0. The van der Waals surface area contributed by atoms with E-state index in [1.807, 2.05) is 109 Å². The van der Waals surface area contributed by atoms with Crippen molar-refractivity contribution in [1.29, 1.82) is 0 Å². The summed E-state index contributed by atoms with van der Waals surface area (Å²) in [6.45, 7) is 21.2. The zero-order valence-corrected chi connectivity index (χ0v) is 31.5. The van der Waals surface area contributed by atoms with E-state index >= 15 is 0 Å². The Bertz CT molecular complexity index is 1970. The molecule has 54 heavy (non-hydrogen) atoms. The minimum Gasteiger partial charge on any atom is -0.333 e. The predicted molar refractivity (Wildman–Crippen MR) is 216 cm³/mol. The summed E-state index contributed by atoms with van der Waals surface area (Å²) in [5, 5.41) is 0. The van der Waals surface area contributed by atoms with Gasteiger partial charge in [0.05, 0.1) is 0 Å². The van der Waals surface area contributed by atoms with E-state index in [1.165, 1.54) is 12.2 Å². The van der Waals surface area contributed by atoms with Gasteiger partial charge in [-0.05, 0) is 65.4 Å². The van der Waals surface area contributed by atoms with E-state index in [9.17, 15) is 19.2 Å². The highest BCUT2D eigenvalue weighted by Gasteiger charge is 2.21. The lowest BCUT2D eigenvalue weighted by atomic mass is 9.97. The molecule has 4 aromatic carbocycles. The summed E-state index contributed by atoms with van der Waals surface area (Å²) in [5.41, 5.74) is 6.47. The molecule has 0 heterocycles. The molecule has 0 saturated carbocycles. The summed E-state index contributed by atoms with van der Waals surface area (Å²) in [5.74, 6) is -0.823. The van der Waals surface area contributed by atoms with Crippen molar-refractivity contribution in [3.05, 3.63) is 181 Å². The van der Waals surface area contributed by atoms with Gasteiger partial charge in [-0.3, -0.25) is 19.2 Å². The molecule has 0 saturated heterocycles. The van der Waals surface area contributed by atoms with Crippen molar-refractivity contribution in [3.63, 3.8) is 0 Å². The van der Waals surface area contributed by atoms with Crippen LogP contribution in [0.15, 0.2) is 159 Å². The first-order valence-corrected chi connectivity index (χ1v) is 18.0. The van der Waals surface area contributed by atoms with Crippen LogP contribution in [-0.2, 0) is 45.4 Å². The number of carbonyl (C=O) groups is 4. The van der Waals surface area contributed by atoms with Gasteiger partial charge in [-0.2, -0.15) is 0 Å². The molecule has 4 amide bonds. The van der Waals surface area contributed by atoms with Crippen molar-refractivity contribution in [2.45, 2.75) is 40.0 Å². The van der Waals surface area contributed by atoms with E-state index in [0.29, 0.717) is 63.5 Å². The van der Waals surface area contributed by atoms with E-state index in [0.717, 1.165) is 33.4 Å². The van der Waals surface area contributed by atoms with Crippen LogP contribution in [-0.4, -0.2) is 69.4 Å². The van der Waals surface area contributed by atoms with Gasteiger partial charge < -0.3 is 19.6 Å². The molecule has 0 N–H and O–H groups in total. The normalized spacial score (nSPS) is 10.5. The van der Waals surface area contributed by atoms with Crippen molar-refractivity contribution in [2.24, 2.45) is 0 Å². The van der Waals surface area contributed by atoms with Crippen LogP contribution in [0.1, 0.15) is 36.1 Å². The molecule has 8 heteroatoms. The topological polar surface area (TPSA) is 81.2 Å². The third-order valence-electron chi connectivity index (χ3n) is 8.98. The van der Waals surface area contributed by atoms with Crippen LogP contribution in [0.5, 0.6) is 0 Å². The molecule has 278 valence electrons. The SMILES string of the molecule is C=CC(=O)N(CCN(Cc1ccccc1-c1cccc(CN(CCN(Cc2ccccc2)C(=O)C(=C)C)C(=O)C(=C)C)c1)C(=O)C=C)Cc1ccccc1. The first-order chi connectivity index (χ1) is 26.0. The molecular weight excluding hydrogens is 673 g/mol. The lowest BCUT2D eigenvalue weighted by Gasteiger charge is -2.29. The molecular formula is C46H50N4O4. The van der Waals surface area contributed by atoms with Crippen molar-refractivity contribution < 1.29 is 19.2 Å². The van der Waals surface area contributed by atoms with Crippen LogP contribution in [0.2, 0.25) is 0 Å². The van der Waals surface area contributed by atoms with E-state index in [1.54, 1.807) is 33.4 Å². The van der Waals surface area contributed by atoms with E-state index in [4.69, 9.17) is 0 Å². The number of nitrogens with zero attached hydrogens (tertiary/aromatic N) is 4. The zero-order chi connectivity index (χ0) is 39.0. The molecule has 4 aromatic rings. The van der Waals surface area contributed by atoms with Crippen LogP contribution < -0.4 is 0 Å². The maximum Gasteiger partial charge on any atom is 0.249 e. The number of benzene rings is 4. The lowest BCUT2D eigenvalue weighted by molar-refractivity contribution is -0.131. The third-order valence-corrected chi connectivity index (χ3v) is 8.98. The van der Waals surface area contributed by atoms with Gasteiger partial charge in [-0.25, -0.2) is 0 Å². The smallest absolute Gasteiger partial charge is 0.249 e. The Balaban J connectivity index is 1.55. The molecule has 0 atom stereocenters. The fourth-order valence-corrected chi connectivity index (χ4v) is 6.13. The second kappa shape index (κ2) is 20.1. The maximum atomic E-state index is 13.4. The van der Waals surface area contributed by atoms with Gasteiger partial charge in [0, 0.05) is 63.5 Å². The van der Waals surface area contributed by atoms with Gasteiger partial charge in [0.15, 0.2) is 0 Å². The number of rotatable bonds is 19. The summed E-state index contributed by atoms with van der Waals surface area (Å²) in [7, 11) is 0. The molecule has 0 fully saturated rings. The van der Waals surface area contributed by atoms with Gasteiger partial charge >= 0.3 is 0 Å². The number of carbonyl (C=O) groups excluding carboxylic acids is 4. The highest BCUT2D eigenvalue weighted by atomic mass is 16.2. The summed E-state index contributed by atoms with van der Waals surface area (Å²) in [6, 6.07) is 35.3. The predicted octanol–water partition coefficient (Wildman–Crippen LogP) is 7.59. The fourth-order valence-electron chi connectivity index (χ4n) is 6.13. The van der Waals surface area contributed by atoms with Crippen LogP contribution in [0.25, 0.3) is 11.1 Å². The summed E-state index contributed by atoms with van der Waals surface area (Å²) in [6.07, 6.45) is 2.58. The number of amides is 4. The van der Waals surface area contributed by atoms with Gasteiger partial charge in [-0.1, -0.05) is 129 Å². The van der Waals surface area contributed by atoms with Crippen molar-refractivity contribution in [2.75, 3.05) is 26.2 Å². The second-order valence-corrected chi connectivity index (χ2v) is 13.3. The Morgan fingerprint density at radius 2 is 0.907 bits per heavy atom. The quantitative estimate of drug-likeness (QED) is 0.0935. The van der Waals surface area contributed by atoms with Crippen molar-refractivity contribution in [3.8, 4) is 11.1 Å². The highest BCUT2D eigenvalue weighted by molar-refractivity contribution is 5.93. The van der Waals surface area contributed by atoms with E-state index in [-0.39, 0.29) is 23.6 Å². The monoisotopic (exact) mass is 722 g/mol. The zero-order valence-electron chi connectivity index (χ0n) is 31.5. The Morgan fingerprint density at radius 1 is 0.500 bits per heavy atom. The Kier molecular flexibility index (Phi) is 15.1. The van der Waals surface area contributed by atoms with Crippen molar-refractivity contribution >= 4 is 23.6 Å². The lowest BCUT2D eigenvalue weighted by Crippen LogP contribution is -2.41. The largest absolute Gasteiger partial charge is 0.333 e. The van der Waals surface area contributed by atoms with Crippen LogP contribution >= 0.6 is 0 Å². The van der Waals surface area contributed by atoms with Gasteiger partial charge in [-0.15, -0.1) is 0 Å². The molecule has 8 nitrogen and oxygen atoms in total. The standard InChI is InChI=1S/C46H50N4O4/c1-7-43(51)47(31-37-18-11-9-12-19-37)26-27-48(44(52)8-2)34-41-23-15-16-25-42(41)40-24-17-22-39(30-40)33-50(46(54)36(5)6)29-28-49(45(53)35(3)4)32-38-20-13-10-14-21-38/h7-25,30H,1-3,5,26-29,31-34H2,4,6H3. The first kappa shape index (κ1) is 40.5. The second-order valence-electron chi connectivity index (χ2n) is 13.3. The molecule has 0 spiro atoms. The third kappa shape index (κ3) is 11.6. The maximum absolute atomic E-state index is 13.4. The molecule has 0 aliphatic carbocycles. The average Bonchev–Trinajstić information content (AvgIpc) is 3.19. The van der Waals surface area contributed by atoms with Crippen molar-refractivity contribution in [1.82, 2.24) is 19.6 Å². The highest BCUT2D eigenvalue weighted by Crippen LogP contribution is 2.27. The minimum atomic E-state index is -0.246. The molecule has 0 aromatic heterocycles. The van der Waals surface area contributed by atoms with E-state index in [2.05, 4.69) is 26.3 Å². The molecule has 0 aliphatic rings. The number of hydrogen-bond donors (Lipinski definition) is 0. The van der Waals surface area contributed by atoms with Crippen LogP contribution in [0, 0.1) is 0 Å². The Hall–Kier alpha value is -6.28. The Labute approximate surface area is 320 Å². The summed E-state index contributed by atoms with van der Waals surface area (Å²) in [4.78, 5) is 59.3. The molecule has 0 bridgehead atoms.